The molecule has 0 aliphatic carbocycles. The zero-order valence-corrected chi connectivity index (χ0v) is 14.2. The van der Waals surface area contributed by atoms with Crippen molar-refractivity contribution in [3.8, 4) is 0 Å². The van der Waals surface area contributed by atoms with E-state index in [2.05, 4.69) is 30.8 Å². The van der Waals surface area contributed by atoms with Gasteiger partial charge in [0.05, 0.1) is 5.56 Å². The lowest BCUT2D eigenvalue weighted by atomic mass is 10.1. The van der Waals surface area contributed by atoms with Crippen molar-refractivity contribution in [1.82, 2.24) is 30.0 Å². The zero-order chi connectivity index (χ0) is 17.8. The Bertz CT molecular complexity index is 854. The topological polar surface area (TPSA) is 97.6 Å². The number of amides is 1. The molecular formula is C18H19N7O. The second kappa shape index (κ2) is 7.30. The summed E-state index contributed by atoms with van der Waals surface area (Å²) in [5, 5.41) is 14.2. The number of aryl methyl sites for hydroxylation is 2. The van der Waals surface area contributed by atoms with Crippen molar-refractivity contribution in [2.24, 2.45) is 0 Å². The van der Waals surface area contributed by atoms with Crippen LogP contribution in [0.5, 0.6) is 0 Å². The molecule has 0 bridgehead atoms. The smallest absolute Gasteiger partial charge is 0.254 e. The number of nitrogens with one attached hydrogen (secondary N) is 2. The molecule has 1 atom stereocenters. The second-order valence-electron chi connectivity index (χ2n) is 6.22. The van der Waals surface area contributed by atoms with Crippen molar-refractivity contribution in [2.75, 3.05) is 5.32 Å². The quantitative estimate of drug-likeness (QED) is 0.747. The molecule has 8 heteroatoms. The SMILES string of the molecule is O=C(NC1CCc2nncn2CC1)c1cnc(Nc2ccccc2)nc1. The van der Waals surface area contributed by atoms with Crippen LogP contribution in [0.2, 0.25) is 0 Å². The lowest BCUT2D eigenvalue weighted by molar-refractivity contribution is 0.0932. The number of para-hydroxylation sites is 1. The molecule has 1 aliphatic heterocycles. The summed E-state index contributed by atoms with van der Waals surface area (Å²) < 4.78 is 2.04. The summed E-state index contributed by atoms with van der Waals surface area (Å²) in [7, 11) is 0. The van der Waals surface area contributed by atoms with Crippen LogP contribution in [-0.4, -0.2) is 36.7 Å². The van der Waals surface area contributed by atoms with Crippen molar-refractivity contribution in [1.29, 1.82) is 0 Å². The summed E-state index contributed by atoms with van der Waals surface area (Å²) in [4.78, 5) is 20.9. The molecule has 0 saturated carbocycles. The van der Waals surface area contributed by atoms with Gasteiger partial charge in [0.25, 0.3) is 5.91 Å². The van der Waals surface area contributed by atoms with Gasteiger partial charge in [-0.25, -0.2) is 9.97 Å². The lowest BCUT2D eigenvalue weighted by Gasteiger charge is -2.15. The summed E-state index contributed by atoms with van der Waals surface area (Å²) >= 11 is 0. The predicted molar refractivity (Wildman–Crippen MR) is 96.0 cm³/mol. The number of hydrogen-bond acceptors (Lipinski definition) is 6. The molecule has 4 rings (SSSR count). The number of benzene rings is 1. The van der Waals surface area contributed by atoms with Gasteiger partial charge < -0.3 is 15.2 Å². The molecule has 3 heterocycles. The van der Waals surface area contributed by atoms with Gasteiger partial charge in [-0.3, -0.25) is 4.79 Å². The maximum atomic E-state index is 12.5. The van der Waals surface area contributed by atoms with Gasteiger partial charge in [-0.05, 0) is 25.0 Å². The Labute approximate surface area is 150 Å². The van der Waals surface area contributed by atoms with Crippen molar-refractivity contribution < 1.29 is 4.79 Å². The number of aromatic nitrogens is 5. The maximum absolute atomic E-state index is 12.5. The van der Waals surface area contributed by atoms with Crippen LogP contribution in [0.15, 0.2) is 49.1 Å². The van der Waals surface area contributed by atoms with Gasteiger partial charge in [-0.1, -0.05) is 18.2 Å². The molecule has 8 nitrogen and oxygen atoms in total. The Morgan fingerprint density at radius 3 is 2.73 bits per heavy atom. The Morgan fingerprint density at radius 1 is 1.12 bits per heavy atom. The van der Waals surface area contributed by atoms with Gasteiger partial charge in [0, 0.05) is 37.1 Å². The summed E-state index contributed by atoms with van der Waals surface area (Å²) in [5.74, 6) is 1.28. The first-order valence-electron chi connectivity index (χ1n) is 8.59. The number of carbonyl (C=O) groups excluding carboxylic acids is 1. The molecule has 0 spiro atoms. The number of rotatable bonds is 4. The minimum Gasteiger partial charge on any atom is -0.349 e. The van der Waals surface area contributed by atoms with Gasteiger partial charge in [-0.15, -0.1) is 10.2 Å². The van der Waals surface area contributed by atoms with Gasteiger partial charge in [-0.2, -0.15) is 0 Å². The maximum Gasteiger partial charge on any atom is 0.254 e. The first-order chi connectivity index (χ1) is 12.8. The molecule has 0 fully saturated rings. The molecule has 0 saturated heterocycles. The van der Waals surface area contributed by atoms with E-state index >= 15 is 0 Å². The third-order valence-corrected chi connectivity index (χ3v) is 4.41. The van der Waals surface area contributed by atoms with Crippen LogP contribution in [0.4, 0.5) is 11.6 Å². The van der Waals surface area contributed by atoms with Crippen molar-refractivity contribution in [2.45, 2.75) is 31.8 Å². The molecule has 1 aromatic carbocycles. The normalized spacial score (nSPS) is 16.4. The Hall–Kier alpha value is -3.29. The van der Waals surface area contributed by atoms with Crippen LogP contribution < -0.4 is 10.6 Å². The van der Waals surface area contributed by atoms with Crippen molar-refractivity contribution >= 4 is 17.5 Å². The third kappa shape index (κ3) is 3.69. The van der Waals surface area contributed by atoms with Crippen LogP contribution >= 0.6 is 0 Å². The molecule has 3 aromatic rings. The fraction of sp³-hybridized carbons (Fsp3) is 0.278. The predicted octanol–water partition coefficient (Wildman–Crippen LogP) is 1.95. The molecule has 1 unspecified atom stereocenters. The van der Waals surface area contributed by atoms with E-state index in [1.807, 2.05) is 34.9 Å². The highest BCUT2D eigenvalue weighted by Crippen LogP contribution is 2.14. The first kappa shape index (κ1) is 16.2. The van der Waals surface area contributed by atoms with E-state index in [4.69, 9.17) is 0 Å². The zero-order valence-electron chi connectivity index (χ0n) is 14.2. The first-order valence-corrected chi connectivity index (χ1v) is 8.59. The van der Waals surface area contributed by atoms with E-state index in [9.17, 15) is 4.79 Å². The van der Waals surface area contributed by atoms with Crippen LogP contribution in [-0.2, 0) is 13.0 Å². The fourth-order valence-corrected chi connectivity index (χ4v) is 2.98. The minimum absolute atomic E-state index is 0.103. The van der Waals surface area contributed by atoms with Crippen LogP contribution in [0, 0.1) is 0 Å². The Morgan fingerprint density at radius 2 is 1.92 bits per heavy atom. The van der Waals surface area contributed by atoms with E-state index in [1.54, 1.807) is 18.7 Å². The van der Waals surface area contributed by atoms with E-state index in [0.717, 1.165) is 37.3 Å². The van der Waals surface area contributed by atoms with Crippen molar-refractivity contribution in [3.05, 3.63) is 60.4 Å². The highest BCUT2D eigenvalue weighted by atomic mass is 16.1. The number of anilines is 2. The standard InChI is InChI=1S/C18H19N7O/c26-17(22-15-6-7-16-24-21-12-25(16)9-8-15)13-10-19-18(20-11-13)23-14-4-2-1-3-5-14/h1-5,10-12,15H,6-9H2,(H,22,26)(H,19,20,23). The molecule has 1 aliphatic rings. The lowest BCUT2D eigenvalue weighted by Crippen LogP contribution is -2.35. The van der Waals surface area contributed by atoms with Crippen LogP contribution in [0.1, 0.15) is 29.0 Å². The van der Waals surface area contributed by atoms with Crippen LogP contribution in [0.3, 0.4) is 0 Å². The minimum atomic E-state index is -0.154. The molecule has 132 valence electrons. The summed E-state index contributed by atoms with van der Waals surface area (Å²) in [5.41, 5.74) is 1.35. The summed E-state index contributed by atoms with van der Waals surface area (Å²) in [6.45, 7) is 0.809. The van der Waals surface area contributed by atoms with Gasteiger partial charge in [0.1, 0.15) is 12.2 Å². The molecule has 1 amide bonds. The highest BCUT2D eigenvalue weighted by Gasteiger charge is 2.19. The highest BCUT2D eigenvalue weighted by molar-refractivity contribution is 5.93. The molecule has 0 radical (unpaired) electrons. The molecule has 2 N–H and O–H groups in total. The summed E-state index contributed by atoms with van der Waals surface area (Å²) in [6, 6.07) is 9.76. The summed E-state index contributed by atoms with van der Waals surface area (Å²) in [6.07, 6.45) is 7.33. The number of nitrogens with zero attached hydrogens (tertiary/aromatic N) is 5. The van der Waals surface area contributed by atoms with E-state index < -0.39 is 0 Å². The number of carbonyl (C=O) groups is 1. The molecular weight excluding hydrogens is 330 g/mol. The van der Waals surface area contributed by atoms with E-state index in [0.29, 0.717) is 11.5 Å². The van der Waals surface area contributed by atoms with Gasteiger partial charge >= 0.3 is 0 Å². The van der Waals surface area contributed by atoms with Gasteiger partial charge in [0.2, 0.25) is 5.95 Å². The Kier molecular flexibility index (Phi) is 4.55. The Balaban J connectivity index is 1.35. The van der Waals surface area contributed by atoms with Gasteiger partial charge in [0.15, 0.2) is 0 Å². The average Bonchev–Trinajstić information content (AvgIpc) is 3.04. The largest absolute Gasteiger partial charge is 0.349 e. The number of hydrogen-bond donors (Lipinski definition) is 2. The number of fused-ring (bicyclic) bond motifs is 1. The molecule has 26 heavy (non-hydrogen) atoms. The average molecular weight is 349 g/mol. The van der Waals surface area contributed by atoms with Crippen LogP contribution in [0.25, 0.3) is 0 Å². The monoisotopic (exact) mass is 349 g/mol. The van der Waals surface area contributed by atoms with E-state index in [-0.39, 0.29) is 11.9 Å². The second-order valence-corrected chi connectivity index (χ2v) is 6.22. The molecule has 2 aromatic heterocycles. The fourth-order valence-electron chi connectivity index (χ4n) is 2.98. The van der Waals surface area contributed by atoms with E-state index in [1.165, 1.54) is 0 Å². The van der Waals surface area contributed by atoms with Crippen molar-refractivity contribution in [3.63, 3.8) is 0 Å². The third-order valence-electron chi connectivity index (χ3n) is 4.41.